The number of primary amides is 1. The van der Waals surface area contributed by atoms with E-state index >= 15 is 0 Å². The molecule has 0 bridgehead atoms. The van der Waals surface area contributed by atoms with E-state index in [1.165, 1.54) is 0 Å². The van der Waals surface area contributed by atoms with Crippen molar-refractivity contribution in [2.24, 2.45) is 17.4 Å². The Bertz CT molecular complexity index is 304. The monoisotopic (exact) mass is 245 g/mol. The molecular weight excluding hydrogens is 226 g/mol. The Hall–Kier alpha value is -1.63. The first kappa shape index (κ1) is 15.4. The van der Waals surface area contributed by atoms with E-state index in [0.717, 1.165) is 0 Å². The number of carboxylic acids is 1. The molecule has 0 fully saturated rings. The molecule has 2 atom stereocenters. The number of aliphatic carboxylic acids is 1. The lowest BCUT2D eigenvalue weighted by molar-refractivity contribution is -0.143. The highest BCUT2D eigenvalue weighted by atomic mass is 16.4. The molecule has 0 aromatic rings. The highest BCUT2D eigenvalue weighted by Gasteiger charge is 2.23. The molecule has 0 aromatic heterocycles. The van der Waals surface area contributed by atoms with Gasteiger partial charge in [0, 0.05) is 12.5 Å². The molecule has 2 amide bonds. The minimum atomic E-state index is -1.30. The van der Waals surface area contributed by atoms with Gasteiger partial charge in [-0.05, 0) is 5.92 Å². The summed E-state index contributed by atoms with van der Waals surface area (Å²) < 4.78 is 0. The second kappa shape index (κ2) is 6.85. The highest BCUT2D eigenvalue weighted by Crippen LogP contribution is 2.03. The Morgan fingerprint density at radius 1 is 1.24 bits per heavy atom. The zero-order valence-corrected chi connectivity index (χ0v) is 9.97. The van der Waals surface area contributed by atoms with E-state index in [1.807, 2.05) is 13.8 Å². The lowest BCUT2D eigenvalue weighted by atomic mass is 10.0. The van der Waals surface area contributed by atoms with E-state index in [0.29, 0.717) is 0 Å². The number of carboxylic acid groups (broad SMARTS) is 1. The van der Waals surface area contributed by atoms with Crippen molar-refractivity contribution in [1.82, 2.24) is 5.32 Å². The number of carbonyl (C=O) groups excluding carboxylic acids is 2. The minimum absolute atomic E-state index is 0.0141. The molecule has 0 aliphatic heterocycles. The average Bonchev–Trinajstić information content (AvgIpc) is 2.15. The normalized spacial score (nSPS) is 14.1. The van der Waals surface area contributed by atoms with Gasteiger partial charge in [0.15, 0.2) is 0 Å². The fourth-order valence-electron chi connectivity index (χ4n) is 1.10. The van der Waals surface area contributed by atoms with Gasteiger partial charge in [0.2, 0.25) is 11.8 Å². The van der Waals surface area contributed by atoms with E-state index in [9.17, 15) is 14.4 Å². The van der Waals surface area contributed by atoms with Gasteiger partial charge in [0.25, 0.3) is 0 Å². The fraction of sp³-hybridized carbons (Fsp3) is 0.700. The standard InChI is InChI=1S/C10H19N3O4/c1-5(2)6(11)3-9(15)13-7(10(16)17)4-8(12)14/h5-7H,3-4,11H2,1-2H3,(H2,12,14)(H,13,15)(H,16,17). The summed E-state index contributed by atoms with van der Waals surface area (Å²) in [6.07, 6.45) is -0.418. The fourth-order valence-corrected chi connectivity index (χ4v) is 1.10. The van der Waals surface area contributed by atoms with Gasteiger partial charge in [-0.25, -0.2) is 4.79 Å². The molecule has 0 spiro atoms. The number of carbonyl (C=O) groups is 3. The van der Waals surface area contributed by atoms with Crippen LogP contribution in [-0.2, 0) is 14.4 Å². The Balaban J connectivity index is 4.31. The smallest absolute Gasteiger partial charge is 0.326 e. The van der Waals surface area contributed by atoms with Gasteiger partial charge in [-0.3, -0.25) is 9.59 Å². The molecule has 7 nitrogen and oxygen atoms in total. The van der Waals surface area contributed by atoms with Crippen molar-refractivity contribution in [1.29, 1.82) is 0 Å². The third-order valence-electron chi connectivity index (χ3n) is 2.32. The van der Waals surface area contributed by atoms with E-state index in [-0.39, 0.29) is 18.4 Å². The van der Waals surface area contributed by atoms with Gasteiger partial charge in [-0.2, -0.15) is 0 Å². The maximum absolute atomic E-state index is 11.4. The summed E-state index contributed by atoms with van der Waals surface area (Å²) in [6, 6.07) is -1.64. The number of nitrogens with two attached hydrogens (primary N) is 2. The first-order valence-electron chi connectivity index (χ1n) is 5.30. The minimum Gasteiger partial charge on any atom is -0.480 e. The predicted molar refractivity (Wildman–Crippen MR) is 60.8 cm³/mol. The molecule has 17 heavy (non-hydrogen) atoms. The lowest BCUT2D eigenvalue weighted by Crippen LogP contribution is -2.45. The zero-order chi connectivity index (χ0) is 13.6. The van der Waals surface area contributed by atoms with Crippen molar-refractivity contribution in [3.63, 3.8) is 0 Å². The van der Waals surface area contributed by atoms with E-state index in [1.54, 1.807) is 0 Å². The van der Waals surface area contributed by atoms with Crippen molar-refractivity contribution < 1.29 is 19.5 Å². The lowest BCUT2D eigenvalue weighted by Gasteiger charge is -2.17. The van der Waals surface area contributed by atoms with Crippen LogP contribution in [-0.4, -0.2) is 35.0 Å². The molecule has 0 rings (SSSR count). The van der Waals surface area contributed by atoms with Crippen LogP contribution in [0.3, 0.4) is 0 Å². The summed E-state index contributed by atoms with van der Waals surface area (Å²) >= 11 is 0. The topological polar surface area (TPSA) is 136 Å². The van der Waals surface area contributed by atoms with Gasteiger partial charge in [0.05, 0.1) is 6.42 Å². The van der Waals surface area contributed by atoms with Gasteiger partial charge >= 0.3 is 5.97 Å². The van der Waals surface area contributed by atoms with E-state index in [4.69, 9.17) is 16.6 Å². The second-order valence-electron chi connectivity index (χ2n) is 4.24. The molecule has 0 saturated heterocycles. The van der Waals surface area contributed by atoms with Crippen molar-refractivity contribution >= 4 is 17.8 Å². The molecule has 98 valence electrons. The van der Waals surface area contributed by atoms with Crippen LogP contribution in [0.1, 0.15) is 26.7 Å². The van der Waals surface area contributed by atoms with Gasteiger partial charge < -0.3 is 21.9 Å². The van der Waals surface area contributed by atoms with E-state index in [2.05, 4.69) is 5.32 Å². The molecule has 2 unspecified atom stereocenters. The quantitative estimate of drug-likeness (QED) is 0.447. The van der Waals surface area contributed by atoms with Crippen molar-refractivity contribution in [2.75, 3.05) is 0 Å². The van der Waals surface area contributed by atoms with Crippen LogP contribution in [0.15, 0.2) is 0 Å². The molecule has 0 heterocycles. The third kappa shape index (κ3) is 6.52. The third-order valence-corrected chi connectivity index (χ3v) is 2.32. The van der Waals surface area contributed by atoms with Crippen LogP contribution in [0.2, 0.25) is 0 Å². The summed E-state index contributed by atoms with van der Waals surface area (Å²) in [5, 5.41) is 11.0. The Morgan fingerprint density at radius 3 is 2.12 bits per heavy atom. The number of rotatable bonds is 7. The Morgan fingerprint density at radius 2 is 1.76 bits per heavy atom. The molecule has 0 aliphatic carbocycles. The van der Waals surface area contributed by atoms with Crippen LogP contribution >= 0.6 is 0 Å². The summed E-state index contributed by atoms with van der Waals surface area (Å²) in [5.41, 5.74) is 10.5. The van der Waals surface area contributed by atoms with Crippen LogP contribution in [0, 0.1) is 5.92 Å². The summed E-state index contributed by atoms with van der Waals surface area (Å²) in [5.74, 6) is -2.47. The SMILES string of the molecule is CC(C)C(N)CC(=O)NC(CC(N)=O)C(=O)O. The summed E-state index contributed by atoms with van der Waals surface area (Å²) in [6.45, 7) is 3.71. The van der Waals surface area contributed by atoms with Crippen LogP contribution < -0.4 is 16.8 Å². The molecule has 7 heteroatoms. The van der Waals surface area contributed by atoms with Crippen LogP contribution in [0.25, 0.3) is 0 Å². The van der Waals surface area contributed by atoms with E-state index < -0.39 is 30.2 Å². The van der Waals surface area contributed by atoms with Crippen molar-refractivity contribution in [3.8, 4) is 0 Å². The molecular formula is C10H19N3O4. The first-order chi connectivity index (χ1) is 7.73. The Kier molecular flexibility index (Phi) is 6.19. The van der Waals surface area contributed by atoms with Crippen LogP contribution in [0.5, 0.6) is 0 Å². The van der Waals surface area contributed by atoms with Gasteiger partial charge in [-0.15, -0.1) is 0 Å². The summed E-state index contributed by atoms with van der Waals surface area (Å²) in [7, 11) is 0. The largest absolute Gasteiger partial charge is 0.480 e. The van der Waals surface area contributed by atoms with Gasteiger partial charge in [-0.1, -0.05) is 13.8 Å². The molecule has 0 radical (unpaired) electrons. The van der Waals surface area contributed by atoms with Crippen molar-refractivity contribution in [3.05, 3.63) is 0 Å². The maximum Gasteiger partial charge on any atom is 0.326 e. The van der Waals surface area contributed by atoms with Crippen molar-refractivity contribution in [2.45, 2.75) is 38.8 Å². The maximum atomic E-state index is 11.4. The average molecular weight is 245 g/mol. The van der Waals surface area contributed by atoms with Gasteiger partial charge in [0.1, 0.15) is 6.04 Å². The molecule has 6 N–H and O–H groups in total. The number of hydrogen-bond donors (Lipinski definition) is 4. The molecule has 0 aromatic carbocycles. The Labute approximate surface area is 99.5 Å². The number of hydrogen-bond acceptors (Lipinski definition) is 4. The second-order valence-corrected chi connectivity index (χ2v) is 4.24. The first-order valence-corrected chi connectivity index (χ1v) is 5.30. The molecule has 0 saturated carbocycles. The number of nitrogens with one attached hydrogen (secondary N) is 1. The van der Waals surface area contributed by atoms with Crippen LogP contribution in [0.4, 0.5) is 0 Å². The highest BCUT2D eigenvalue weighted by molar-refractivity contribution is 5.88. The zero-order valence-electron chi connectivity index (χ0n) is 9.97. The number of amides is 2. The summed E-state index contributed by atoms with van der Waals surface area (Å²) in [4.78, 5) is 32.8. The molecule has 0 aliphatic rings. The predicted octanol–water partition coefficient (Wildman–Crippen LogP) is -1.20.